The Hall–Kier alpha value is -3.86. The molecule has 0 saturated heterocycles. The summed E-state index contributed by atoms with van der Waals surface area (Å²) in [6.07, 6.45) is 4.95. The minimum Gasteiger partial charge on any atom is -0.267 e. The summed E-state index contributed by atoms with van der Waals surface area (Å²) >= 11 is 0. The number of benzene rings is 2. The van der Waals surface area contributed by atoms with Crippen molar-refractivity contribution in [3.05, 3.63) is 95.8 Å². The van der Waals surface area contributed by atoms with Crippen molar-refractivity contribution in [2.45, 2.75) is 26.2 Å². The molecule has 0 unspecified atom stereocenters. The van der Waals surface area contributed by atoms with Crippen LogP contribution in [0.4, 0.5) is 0 Å². The van der Waals surface area contributed by atoms with Crippen molar-refractivity contribution in [1.29, 1.82) is 0 Å². The van der Waals surface area contributed by atoms with E-state index in [1.54, 1.807) is 18.6 Å². The predicted molar refractivity (Wildman–Crippen MR) is 125 cm³/mol. The van der Waals surface area contributed by atoms with E-state index in [-0.39, 0.29) is 11.3 Å². The van der Waals surface area contributed by atoms with Crippen LogP contribution in [0.15, 0.2) is 84.2 Å². The number of para-hydroxylation sites is 1. The molecular weight excluding hydrogens is 384 g/mol. The Labute approximate surface area is 181 Å². The third kappa shape index (κ3) is 4.67. The summed E-state index contributed by atoms with van der Waals surface area (Å²) in [5.41, 5.74) is 7.83. The molecule has 0 atom stereocenters. The van der Waals surface area contributed by atoms with E-state index in [4.69, 9.17) is 4.98 Å². The van der Waals surface area contributed by atoms with Gasteiger partial charge in [-0.1, -0.05) is 63.2 Å². The van der Waals surface area contributed by atoms with Crippen LogP contribution in [0.1, 0.15) is 42.3 Å². The van der Waals surface area contributed by atoms with Crippen molar-refractivity contribution in [3.63, 3.8) is 0 Å². The van der Waals surface area contributed by atoms with Crippen LogP contribution < -0.4 is 5.43 Å². The summed E-state index contributed by atoms with van der Waals surface area (Å²) in [5.74, 6) is -0.281. The normalized spacial score (nSPS) is 11.7. The quantitative estimate of drug-likeness (QED) is 0.365. The number of hydrazone groups is 1. The molecule has 5 heteroatoms. The molecule has 0 spiro atoms. The van der Waals surface area contributed by atoms with Crippen molar-refractivity contribution in [2.24, 2.45) is 5.10 Å². The molecule has 0 aliphatic rings. The summed E-state index contributed by atoms with van der Waals surface area (Å²) in [6.45, 7) is 6.56. The molecule has 31 heavy (non-hydrogen) atoms. The Morgan fingerprint density at radius 3 is 2.39 bits per heavy atom. The van der Waals surface area contributed by atoms with Gasteiger partial charge in [0.15, 0.2) is 0 Å². The number of fused-ring (bicyclic) bond motifs is 1. The topological polar surface area (TPSA) is 67.2 Å². The zero-order chi connectivity index (χ0) is 21.8. The van der Waals surface area contributed by atoms with E-state index in [1.165, 1.54) is 5.56 Å². The Morgan fingerprint density at radius 1 is 0.968 bits per heavy atom. The van der Waals surface area contributed by atoms with Gasteiger partial charge in [0, 0.05) is 23.3 Å². The third-order valence-corrected chi connectivity index (χ3v) is 5.09. The number of carbonyl (C=O) groups is 1. The number of nitrogens with zero attached hydrogens (tertiary/aromatic N) is 3. The second-order valence-electron chi connectivity index (χ2n) is 8.38. The van der Waals surface area contributed by atoms with Crippen molar-refractivity contribution in [1.82, 2.24) is 15.4 Å². The van der Waals surface area contributed by atoms with Crippen molar-refractivity contribution in [3.8, 4) is 11.3 Å². The molecule has 4 rings (SSSR count). The Morgan fingerprint density at radius 2 is 1.68 bits per heavy atom. The minimum atomic E-state index is -0.281. The fourth-order valence-electron chi connectivity index (χ4n) is 3.33. The zero-order valence-corrected chi connectivity index (χ0v) is 17.8. The van der Waals surface area contributed by atoms with E-state index in [9.17, 15) is 4.79 Å². The van der Waals surface area contributed by atoms with Crippen molar-refractivity contribution >= 4 is 23.0 Å². The lowest BCUT2D eigenvalue weighted by Crippen LogP contribution is -2.18. The highest BCUT2D eigenvalue weighted by molar-refractivity contribution is 6.07. The number of aromatic nitrogens is 2. The van der Waals surface area contributed by atoms with Crippen molar-refractivity contribution in [2.75, 3.05) is 0 Å². The summed E-state index contributed by atoms with van der Waals surface area (Å²) in [6, 6.07) is 21.4. The van der Waals surface area contributed by atoms with E-state index in [1.807, 2.05) is 42.5 Å². The zero-order valence-electron chi connectivity index (χ0n) is 17.8. The van der Waals surface area contributed by atoms with Crippen LogP contribution in [0, 0.1) is 0 Å². The highest BCUT2D eigenvalue weighted by Gasteiger charge is 2.16. The molecule has 154 valence electrons. The SMILES string of the molecule is CC(C)(C)c1ccc(-c2cc(C(=O)N/N=C\c3ccncc3)c3ccccc3n2)cc1. The average molecular weight is 409 g/mol. The number of amides is 1. The molecule has 1 amide bonds. The third-order valence-electron chi connectivity index (χ3n) is 5.09. The maximum absolute atomic E-state index is 13.0. The molecule has 2 heterocycles. The molecule has 0 aliphatic carbocycles. The summed E-state index contributed by atoms with van der Waals surface area (Å²) in [5, 5.41) is 4.88. The summed E-state index contributed by atoms with van der Waals surface area (Å²) < 4.78 is 0. The molecule has 0 bridgehead atoms. The Kier molecular flexibility index (Phi) is 5.58. The van der Waals surface area contributed by atoms with Crippen LogP contribution >= 0.6 is 0 Å². The standard InChI is InChI=1S/C26H24N4O/c1-26(2,3)20-10-8-19(9-11-20)24-16-22(21-6-4-5-7-23(21)29-24)25(31)30-28-17-18-12-14-27-15-13-18/h4-17H,1-3H3,(H,30,31)/b28-17-. The smallest absolute Gasteiger partial charge is 0.267 e. The van der Waals surface area contributed by atoms with Gasteiger partial charge in [0.1, 0.15) is 0 Å². The lowest BCUT2D eigenvalue weighted by atomic mass is 9.86. The van der Waals surface area contributed by atoms with Gasteiger partial charge in [-0.3, -0.25) is 9.78 Å². The van der Waals surface area contributed by atoms with Gasteiger partial charge in [0.2, 0.25) is 0 Å². The first kappa shape index (κ1) is 20.4. The Balaban J connectivity index is 1.68. The van der Waals surface area contributed by atoms with Crippen LogP contribution in [0.25, 0.3) is 22.2 Å². The molecular formula is C26H24N4O. The number of hydrogen-bond acceptors (Lipinski definition) is 4. The average Bonchev–Trinajstić information content (AvgIpc) is 2.78. The van der Waals surface area contributed by atoms with E-state index in [0.717, 1.165) is 27.7 Å². The lowest BCUT2D eigenvalue weighted by molar-refractivity contribution is 0.0956. The monoisotopic (exact) mass is 408 g/mol. The highest BCUT2D eigenvalue weighted by atomic mass is 16.2. The number of nitrogens with one attached hydrogen (secondary N) is 1. The molecule has 2 aromatic heterocycles. The molecule has 1 N–H and O–H groups in total. The first-order valence-electron chi connectivity index (χ1n) is 10.2. The number of carbonyl (C=O) groups excluding carboxylic acids is 1. The summed E-state index contributed by atoms with van der Waals surface area (Å²) in [7, 11) is 0. The molecule has 0 fully saturated rings. The molecule has 5 nitrogen and oxygen atoms in total. The maximum Gasteiger partial charge on any atom is 0.272 e. The molecule has 2 aromatic carbocycles. The molecule has 0 aliphatic heterocycles. The van der Waals surface area contributed by atoms with Gasteiger partial charge >= 0.3 is 0 Å². The first-order chi connectivity index (χ1) is 14.9. The first-order valence-corrected chi connectivity index (χ1v) is 10.2. The fraction of sp³-hybridized carbons (Fsp3) is 0.154. The largest absolute Gasteiger partial charge is 0.272 e. The molecule has 0 radical (unpaired) electrons. The van der Waals surface area contributed by atoms with E-state index < -0.39 is 0 Å². The van der Waals surface area contributed by atoms with Gasteiger partial charge < -0.3 is 0 Å². The van der Waals surface area contributed by atoms with Gasteiger partial charge in [0.05, 0.1) is 23.0 Å². The van der Waals surface area contributed by atoms with Gasteiger partial charge in [-0.2, -0.15) is 5.10 Å². The van der Waals surface area contributed by atoms with E-state index in [2.05, 4.69) is 60.5 Å². The lowest BCUT2D eigenvalue weighted by Gasteiger charge is -2.19. The minimum absolute atomic E-state index is 0.0766. The molecule has 0 saturated carbocycles. The van der Waals surface area contributed by atoms with Crippen LogP contribution in [0.3, 0.4) is 0 Å². The summed E-state index contributed by atoms with van der Waals surface area (Å²) in [4.78, 5) is 21.7. The highest BCUT2D eigenvalue weighted by Crippen LogP contribution is 2.28. The predicted octanol–water partition coefficient (Wildman–Crippen LogP) is 5.36. The van der Waals surface area contributed by atoms with Gasteiger partial charge in [0.25, 0.3) is 5.91 Å². The Bertz CT molecular complexity index is 1240. The van der Waals surface area contributed by atoms with E-state index >= 15 is 0 Å². The number of pyridine rings is 2. The molecule has 4 aromatic rings. The second kappa shape index (κ2) is 8.48. The van der Waals surface area contributed by atoms with Crippen LogP contribution in [0.5, 0.6) is 0 Å². The second-order valence-corrected chi connectivity index (χ2v) is 8.38. The van der Waals surface area contributed by atoms with Crippen LogP contribution in [-0.2, 0) is 5.41 Å². The van der Waals surface area contributed by atoms with Crippen molar-refractivity contribution < 1.29 is 4.79 Å². The van der Waals surface area contributed by atoms with Crippen LogP contribution in [-0.4, -0.2) is 22.1 Å². The van der Waals surface area contributed by atoms with Gasteiger partial charge in [-0.05, 0) is 40.8 Å². The fourth-order valence-corrected chi connectivity index (χ4v) is 3.33. The number of hydrogen-bond donors (Lipinski definition) is 1. The van der Waals surface area contributed by atoms with Gasteiger partial charge in [-0.25, -0.2) is 10.4 Å². The number of rotatable bonds is 4. The maximum atomic E-state index is 13.0. The van der Waals surface area contributed by atoms with E-state index in [0.29, 0.717) is 5.56 Å². The van der Waals surface area contributed by atoms with Crippen LogP contribution in [0.2, 0.25) is 0 Å². The van der Waals surface area contributed by atoms with Gasteiger partial charge in [-0.15, -0.1) is 0 Å².